The van der Waals surface area contributed by atoms with Crippen LogP contribution >= 0.6 is 11.6 Å². The van der Waals surface area contributed by atoms with Crippen molar-refractivity contribution in [1.29, 1.82) is 0 Å². The summed E-state index contributed by atoms with van der Waals surface area (Å²) in [5.74, 6) is 0.985. The number of hydrogen-bond donors (Lipinski definition) is 0. The van der Waals surface area contributed by atoms with Crippen molar-refractivity contribution in [1.82, 2.24) is 9.97 Å². The maximum atomic E-state index is 5.90. The van der Waals surface area contributed by atoms with Crippen LogP contribution in [0.1, 0.15) is 19.8 Å². The standard InChI is InChI=1S/C13H15ClN2O2/c1-3-4-7-18-13-12-9(5-6-10(14)15-12)8-11(16-13)17-2/h5-6,8H,3-4,7H2,1-2H3. The molecule has 2 rings (SSSR count). The lowest BCUT2D eigenvalue weighted by molar-refractivity contribution is 0.294. The second-order valence-electron chi connectivity index (χ2n) is 3.88. The molecule has 0 aliphatic rings. The van der Waals surface area contributed by atoms with Gasteiger partial charge in [0.15, 0.2) is 0 Å². The number of hydrogen-bond acceptors (Lipinski definition) is 4. The molecule has 0 fully saturated rings. The minimum Gasteiger partial charge on any atom is -0.481 e. The second kappa shape index (κ2) is 5.87. The van der Waals surface area contributed by atoms with E-state index in [4.69, 9.17) is 21.1 Å². The van der Waals surface area contributed by atoms with Crippen molar-refractivity contribution in [2.45, 2.75) is 19.8 Å². The fourth-order valence-electron chi connectivity index (χ4n) is 1.57. The van der Waals surface area contributed by atoms with Gasteiger partial charge in [-0.3, -0.25) is 0 Å². The quantitative estimate of drug-likeness (QED) is 0.614. The predicted octanol–water partition coefficient (Wildman–Crippen LogP) is 3.47. The Hall–Kier alpha value is -1.55. The van der Waals surface area contributed by atoms with E-state index in [-0.39, 0.29) is 0 Å². The molecular formula is C13H15ClN2O2. The van der Waals surface area contributed by atoms with Gasteiger partial charge in [0.2, 0.25) is 11.8 Å². The van der Waals surface area contributed by atoms with Crippen LogP contribution in [0, 0.1) is 0 Å². The third-order valence-electron chi connectivity index (χ3n) is 2.53. The zero-order valence-electron chi connectivity index (χ0n) is 10.4. The summed E-state index contributed by atoms with van der Waals surface area (Å²) in [6.07, 6.45) is 2.04. The van der Waals surface area contributed by atoms with E-state index in [1.807, 2.05) is 12.1 Å². The zero-order valence-corrected chi connectivity index (χ0v) is 11.2. The fraction of sp³-hybridized carbons (Fsp3) is 0.385. The highest BCUT2D eigenvalue weighted by atomic mass is 35.5. The SMILES string of the molecule is CCCCOc1nc(OC)cc2ccc(Cl)nc12. The van der Waals surface area contributed by atoms with Crippen LogP contribution in [0.4, 0.5) is 0 Å². The fourth-order valence-corrected chi connectivity index (χ4v) is 1.72. The summed E-state index contributed by atoms with van der Waals surface area (Å²) >= 11 is 5.90. The first-order valence-electron chi connectivity index (χ1n) is 5.88. The summed E-state index contributed by atoms with van der Waals surface area (Å²) in [4.78, 5) is 8.52. The number of unbranched alkanes of at least 4 members (excludes halogenated alkanes) is 1. The minimum atomic E-state index is 0.426. The van der Waals surface area contributed by atoms with Gasteiger partial charge in [-0.2, -0.15) is 4.98 Å². The topological polar surface area (TPSA) is 44.2 Å². The molecule has 2 aromatic heterocycles. The number of rotatable bonds is 5. The van der Waals surface area contributed by atoms with Crippen LogP contribution in [0.25, 0.3) is 10.9 Å². The maximum Gasteiger partial charge on any atom is 0.243 e. The minimum absolute atomic E-state index is 0.426. The number of ether oxygens (including phenoxy) is 2. The van der Waals surface area contributed by atoms with E-state index in [0.29, 0.717) is 29.0 Å². The average Bonchev–Trinajstić information content (AvgIpc) is 2.39. The Balaban J connectivity index is 2.42. The molecular weight excluding hydrogens is 252 g/mol. The molecule has 0 spiro atoms. The largest absolute Gasteiger partial charge is 0.481 e. The van der Waals surface area contributed by atoms with Crippen LogP contribution in [-0.4, -0.2) is 23.7 Å². The van der Waals surface area contributed by atoms with Crippen LogP contribution in [0.15, 0.2) is 18.2 Å². The summed E-state index contributed by atoms with van der Waals surface area (Å²) in [5, 5.41) is 1.33. The van der Waals surface area contributed by atoms with Crippen molar-refractivity contribution in [3.05, 3.63) is 23.4 Å². The normalized spacial score (nSPS) is 10.6. The highest BCUT2D eigenvalue weighted by Crippen LogP contribution is 2.27. The average molecular weight is 267 g/mol. The van der Waals surface area contributed by atoms with E-state index in [1.54, 1.807) is 13.2 Å². The van der Waals surface area contributed by atoms with E-state index in [9.17, 15) is 0 Å². The van der Waals surface area contributed by atoms with Gasteiger partial charge in [0.25, 0.3) is 0 Å². The third-order valence-corrected chi connectivity index (χ3v) is 2.74. The van der Waals surface area contributed by atoms with Gasteiger partial charge in [-0.15, -0.1) is 0 Å². The zero-order chi connectivity index (χ0) is 13.0. The van der Waals surface area contributed by atoms with Crippen LogP contribution in [0.3, 0.4) is 0 Å². The van der Waals surface area contributed by atoms with Crippen LogP contribution in [0.2, 0.25) is 5.15 Å². The molecule has 0 radical (unpaired) electrons. The molecule has 0 aliphatic heterocycles. The van der Waals surface area contributed by atoms with E-state index < -0.39 is 0 Å². The molecule has 0 saturated carbocycles. The summed E-state index contributed by atoms with van der Waals surface area (Å²) in [5.41, 5.74) is 0.666. The molecule has 5 heteroatoms. The number of aromatic nitrogens is 2. The molecule has 18 heavy (non-hydrogen) atoms. The highest BCUT2D eigenvalue weighted by Gasteiger charge is 2.09. The number of fused-ring (bicyclic) bond motifs is 1. The van der Waals surface area contributed by atoms with Crippen LogP contribution < -0.4 is 9.47 Å². The highest BCUT2D eigenvalue weighted by molar-refractivity contribution is 6.29. The number of pyridine rings is 2. The Morgan fingerprint density at radius 1 is 1.28 bits per heavy atom. The maximum absolute atomic E-state index is 5.90. The van der Waals surface area contributed by atoms with Gasteiger partial charge in [-0.25, -0.2) is 4.98 Å². The van der Waals surface area contributed by atoms with Gasteiger partial charge in [-0.1, -0.05) is 24.9 Å². The van der Waals surface area contributed by atoms with Crippen molar-refractivity contribution >= 4 is 22.5 Å². The van der Waals surface area contributed by atoms with Gasteiger partial charge in [0, 0.05) is 11.5 Å². The van der Waals surface area contributed by atoms with Crippen molar-refractivity contribution in [3.63, 3.8) is 0 Å². The first-order valence-corrected chi connectivity index (χ1v) is 6.26. The predicted molar refractivity (Wildman–Crippen MR) is 71.5 cm³/mol. The second-order valence-corrected chi connectivity index (χ2v) is 4.26. The monoisotopic (exact) mass is 266 g/mol. The molecule has 0 amide bonds. The Labute approximate surface area is 111 Å². The third kappa shape index (κ3) is 2.82. The van der Waals surface area contributed by atoms with Crippen molar-refractivity contribution in [3.8, 4) is 11.8 Å². The van der Waals surface area contributed by atoms with Gasteiger partial charge in [-0.05, 0) is 18.6 Å². The number of nitrogens with zero attached hydrogens (tertiary/aromatic N) is 2. The molecule has 2 aromatic rings. The number of halogens is 1. The van der Waals surface area contributed by atoms with Gasteiger partial charge < -0.3 is 9.47 Å². The molecule has 4 nitrogen and oxygen atoms in total. The Morgan fingerprint density at radius 2 is 2.11 bits per heavy atom. The summed E-state index contributed by atoms with van der Waals surface area (Å²) in [6.45, 7) is 2.72. The molecule has 0 aliphatic carbocycles. The Kier molecular flexibility index (Phi) is 4.20. The van der Waals surface area contributed by atoms with Crippen molar-refractivity contribution < 1.29 is 9.47 Å². The van der Waals surface area contributed by atoms with E-state index in [0.717, 1.165) is 18.2 Å². The molecule has 0 atom stereocenters. The molecule has 0 unspecified atom stereocenters. The molecule has 0 bridgehead atoms. The first kappa shape index (κ1) is 12.9. The van der Waals surface area contributed by atoms with Crippen molar-refractivity contribution in [2.24, 2.45) is 0 Å². The lowest BCUT2D eigenvalue weighted by Crippen LogP contribution is -2.01. The molecule has 2 heterocycles. The summed E-state index contributed by atoms with van der Waals surface area (Å²) in [7, 11) is 1.58. The molecule has 0 aromatic carbocycles. The lowest BCUT2D eigenvalue weighted by Gasteiger charge is -2.09. The molecule has 0 saturated heterocycles. The number of methoxy groups -OCH3 is 1. The smallest absolute Gasteiger partial charge is 0.243 e. The van der Waals surface area contributed by atoms with Crippen LogP contribution in [0.5, 0.6) is 11.8 Å². The van der Waals surface area contributed by atoms with Crippen molar-refractivity contribution in [2.75, 3.05) is 13.7 Å². The summed E-state index contributed by atoms with van der Waals surface area (Å²) in [6, 6.07) is 5.42. The van der Waals surface area contributed by atoms with E-state index in [1.165, 1.54) is 0 Å². The van der Waals surface area contributed by atoms with E-state index >= 15 is 0 Å². The van der Waals surface area contributed by atoms with Gasteiger partial charge in [0.1, 0.15) is 10.7 Å². The van der Waals surface area contributed by atoms with Gasteiger partial charge >= 0.3 is 0 Å². The Bertz CT molecular complexity index is 546. The summed E-state index contributed by atoms with van der Waals surface area (Å²) < 4.78 is 10.8. The molecule has 0 N–H and O–H groups in total. The lowest BCUT2D eigenvalue weighted by atomic mass is 10.2. The van der Waals surface area contributed by atoms with Crippen LogP contribution in [-0.2, 0) is 0 Å². The molecule has 96 valence electrons. The first-order chi connectivity index (χ1) is 8.74. The van der Waals surface area contributed by atoms with Gasteiger partial charge in [0.05, 0.1) is 13.7 Å². The Morgan fingerprint density at radius 3 is 2.83 bits per heavy atom. The van der Waals surface area contributed by atoms with E-state index in [2.05, 4.69) is 16.9 Å².